The van der Waals surface area contributed by atoms with Crippen molar-refractivity contribution < 1.29 is 9.53 Å². The zero-order chi connectivity index (χ0) is 12.4. The molecule has 3 N–H and O–H groups in total. The zero-order valence-corrected chi connectivity index (χ0v) is 10.8. The van der Waals surface area contributed by atoms with E-state index in [0.29, 0.717) is 25.2 Å². The predicted octanol–water partition coefficient (Wildman–Crippen LogP) is 1.05. The standard InChI is InChI=1S/C13H24N2O2/c1-2-12(3-4-12)10-15-11(16)13(9-14)5-7-17-8-6-13/h2-10,14H2,1H3,(H,15,16). The van der Waals surface area contributed by atoms with Crippen LogP contribution in [0.1, 0.15) is 39.0 Å². The topological polar surface area (TPSA) is 64.4 Å². The maximum Gasteiger partial charge on any atom is 0.227 e. The Balaban J connectivity index is 1.88. The molecule has 2 rings (SSSR count). The van der Waals surface area contributed by atoms with Gasteiger partial charge >= 0.3 is 0 Å². The van der Waals surface area contributed by atoms with Crippen LogP contribution in [-0.2, 0) is 9.53 Å². The molecule has 2 fully saturated rings. The Hall–Kier alpha value is -0.610. The van der Waals surface area contributed by atoms with Crippen LogP contribution in [0.2, 0.25) is 0 Å². The van der Waals surface area contributed by atoms with Crippen molar-refractivity contribution in [3.63, 3.8) is 0 Å². The normalized spacial score (nSPS) is 25.3. The van der Waals surface area contributed by atoms with E-state index in [1.807, 2.05) is 0 Å². The predicted molar refractivity (Wildman–Crippen MR) is 66.5 cm³/mol. The van der Waals surface area contributed by atoms with Gasteiger partial charge in [-0.1, -0.05) is 6.92 Å². The SMILES string of the molecule is CCC1(CNC(=O)C2(CN)CCOCC2)CC1. The summed E-state index contributed by atoms with van der Waals surface area (Å²) in [4.78, 5) is 12.3. The molecule has 0 aromatic carbocycles. The highest BCUT2D eigenvalue weighted by Gasteiger charge is 2.43. The highest BCUT2D eigenvalue weighted by atomic mass is 16.5. The summed E-state index contributed by atoms with van der Waals surface area (Å²) in [7, 11) is 0. The Morgan fingerprint density at radius 1 is 1.29 bits per heavy atom. The van der Waals surface area contributed by atoms with Crippen LogP contribution in [0.15, 0.2) is 0 Å². The van der Waals surface area contributed by atoms with E-state index in [9.17, 15) is 4.79 Å². The van der Waals surface area contributed by atoms with Crippen LogP contribution >= 0.6 is 0 Å². The third-order valence-corrected chi connectivity index (χ3v) is 4.65. The Labute approximate surface area is 103 Å². The van der Waals surface area contributed by atoms with Crippen LogP contribution in [0.25, 0.3) is 0 Å². The van der Waals surface area contributed by atoms with E-state index in [1.54, 1.807) is 0 Å². The molecule has 4 heteroatoms. The third kappa shape index (κ3) is 2.63. The fourth-order valence-corrected chi connectivity index (χ4v) is 2.57. The Morgan fingerprint density at radius 3 is 2.41 bits per heavy atom. The van der Waals surface area contributed by atoms with Crippen molar-refractivity contribution in [1.29, 1.82) is 0 Å². The third-order valence-electron chi connectivity index (χ3n) is 4.65. The lowest BCUT2D eigenvalue weighted by Gasteiger charge is -2.35. The van der Waals surface area contributed by atoms with E-state index >= 15 is 0 Å². The lowest BCUT2D eigenvalue weighted by molar-refractivity contribution is -0.136. The van der Waals surface area contributed by atoms with Gasteiger partial charge < -0.3 is 15.8 Å². The van der Waals surface area contributed by atoms with Gasteiger partial charge in [-0.15, -0.1) is 0 Å². The second-order valence-corrected chi connectivity index (χ2v) is 5.63. The second-order valence-electron chi connectivity index (χ2n) is 5.63. The van der Waals surface area contributed by atoms with E-state index in [-0.39, 0.29) is 11.3 Å². The molecule has 1 amide bonds. The van der Waals surface area contributed by atoms with Gasteiger partial charge in [-0.3, -0.25) is 4.79 Å². The fourth-order valence-electron chi connectivity index (χ4n) is 2.57. The molecule has 0 aromatic rings. The minimum atomic E-state index is -0.373. The minimum Gasteiger partial charge on any atom is -0.381 e. The van der Waals surface area contributed by atoms with Crippen LogP contribution < -0.4 is 11.1 Å². The molecule has 2 aliphatic rings. The molecule has 0 bridgehead atoms. The summed E-state index contributed by atoms with van der Waals surface area (Å²) in [5, 5.41) is 3.12. The Bertz CT molecular complexity index is 281. The first-order valence-electron chi connectivity index (χ1n) is 6.73. The molecule has 1 aliphatic carbocycles. The summed E-state index contributed by atoms with van der Waals surface area (Å²) in [6.45, 7) is 4.77. The molecule has 1 aliphatic heterocycles. The average Bonchev–Trinajstić information content (AvgIpc) is 3.17. The van der Waals surface area contributed by atoms with Crippen LogP contribution in [0.3, 0.4) is 0 Å². The number of ether oxygens (including phenoxy) is 1. The second kappa shape index (κ2) is 4.94. The number of carbonyl (C=O) groups is 1. The molecular weight excluding hydrogens is 216 g/mol. The lowest BCUT2D eigenvalue weighted by Crippen LogP contribution is -2.50. The molecule has 0 aromatic heterocycles. The summed E-state index contributed by atoms with van der Waals surface area (Å²) < 4.78 is 5.32. The summed E-state index contributed by atoms with van der Waals surface area (Å²) in [6, 6.07) is 0. The first-order chi connectivity index (χ1) is 8.16. The van der Waals surface area contributed by atoms with Crippen LogP contribution in [-0.4, -0.2) is 32.2 Å². The van der Waals surface area contributed by atoms with Gasteiger partial charge in [-0.05, 0) is 37.5 Å². The van der Waals surface area contributed by atoms with Crippen LogP contribution in [0.5, 0.6) is 0 Å². The molecule has 17 heavy (non-hydrogen) atoms. The van der Waals surface area contributed by atoms with Crippen molar-refractivity contribution in [2.24, 2.45) is 16.6 Å². The molecular formula is C13H24N2O2. The average molecular weight is 240 g/mol. The maximum atomic E-state index is 12.3. The fraction of sp³-hybridized carbons (Fsp3) is 0.923. The van der Waals surface area contributed by atoms with E-state index < -0.39 is 0 Å². The molecule has 98 valence electrons. The zero-order valence-electron chi connectivity index (χ0n) is 10.8. The molecule has 1 saturated heterocycles. The summed E-state index contributed by atoms with van der Waals surface area (Å²) >= 11 is 0. The van der Waals surface area contributed by atoms with Gasteiger partial charge in [0, 0.05) is 26.3 Å². The molecule has 1 saturated carbocycles. The van der Waals surface area contributed by atoms with Gasteiger partial charge in [0.2, 0.25) is 5.91 Å². The number of nitrogens with two attached hydrogens (primary N) is 1. The lowest BCUT2D eigenvalue weighted by atomic mass is 9.79. The number of nitrogens with one attached hydrogen (secondary N) is 1. The van der Waals surface area contributed by atoms with Gasteiger partial charge in [0.25, 0.3) is 0 Å². The van der Waals surface area contributed by atoms with Crippen molar-refractivity contribution in [2.45, 2.75) is 39.0 Å². The summed E-state index contributed by atoms with van der Waals surface area (Å²) in [5.41, 5.74) is 5.84. The Kier molecular flexibility index (Phi) is 3.73. The highest BCUT2D eigenvalue weighted by Crippen LogP contribution is 2.48. The van der Waals surface area contributed by atoms with Gasteiger partial charge in [-0.2, -0.15) is 0 Å². The smallest absolute Gasteiger partial charge is 0.227 e. The number of hydrogen-bond acceptors (Lipinski definition) is 3. The maximum absolute atomic E-state index is 12.3. The van der Waals surface area contributed by atoms with Crippen LogP contribution in [0.4, 0.5) is 0 Å². The molecule has 0 atom stereocenters. The van der Waals surface area contributed by atoms with Crippen molar-refractivity contribution in [2.75, 3.05) is 26.3 Å². The van der Waals surface area contributed by atoms with Crippen molar-refractivity contribution in [3.8, 4) is 0 Å². The van der Waals surface area contributed by atoms with Gasteiger partial charge in [0.05, 0.1) is 5.41 Å². The Morgan fingerprint density at radius 2 is 1.94 bits per heavy atom. The van der Waals surface area contributed by atoms with Crippen molar-refractivity contribution in [3.05, 3.63) is 0 Å². The largest absolute Gasteiger partial charge is 0.381 e. The van der Waals surface area contributed by atoms with E-state index in [2.05, 4.69) is 12.2 Å². The first kappa shape index (κ1) is 12.8. The number of carbonyl (C=O) groups excluding carboxylic acids is 1. The van der Waals surface area contributed by atoms with E-state index in [1.165, 1.54) is 12.8 Å². The van der Waals surface area contributed by atoms with Gasteiger partial charge in [0.15, 0.2) is 0 Å². The molecule has 0 radical (unpaired) electrons. The van der Waals surface area contributed by atoms with Crippen molar-refractivity contribution >= 4 is 5.91 Å². The quantitative estimate of drug-likeness (QED) is 0.755. The van der Waals surface area contributed by atoms with Crippen molar-refractivity contribution in [1.82, 2.24) is 5.32 Å². The first-order valence-corrected chi connectivity index (χ1v) is 6.73. The number of amides is 1. The van der Waals surface area contributed by atoms with E-state index in [4.69, 9.17) is 10.5 Å². The van der Waals surface area contributed by atoms with E-state index in [0.717, 1.165) is 25.8 Å². The summed E-state index contributed by atoms with van der Waals surface area (Å²) in [5.74, 6) is 0.142. The molecule has 1 heterocycles. The molecule has 4 nitrogen and oxygen atoms in total. The minimum absolute atomic E-state index is 0.142. The molecule has 0 spiro atoms. The number of rotatable bonds is 5. The van der Waals surface area contributed by atoms with Gasteiger partial charge in [0.1, 0.15) is 0 Å². The number of hydrogen-bond donors (Lipinski definition) is 2. The monoisotopic (exact) mass is 240 g/mol. The molecule has 0 unspecified atom stereocenters. The summed E-state index contributed by atoms with van der Waals surface area (Å²) in [6.07, 6.45) is 5.18. The highest BCUT2D eigenvalue weighted by molar-refractivity contribution is 5.83. The van der Waals surface area contributed by atoms with Gasteiger partial charge in [-0.25, -0.2) is 0 Å². The van der Waals surface area contributed by atoms with Crippen LogP contribution in [0, 0.1) is 10.8 Å².